The van der Waals surface area contributed by atoms with Gasteiger partial charge in [0.05, 0.1) is 12.2 Å². The predicted octanol–water partition coefficient (Wildman–Crippen LogP) is -0.346. The summed E-state index contributed by atoms with van der Waals surface area (Å²) in [4.78, 5) is 28.4. The highest BCUT2D eigenvalue weighted by atomic mass is 31.2. The minimum absolute atomic E-state index is 0.0467. The number of hydrogen-bond acceptors (Lipinski definition) is 3. The van der Waals surface area contributed by atoms with E-state index in [2.05, 4.69) is 5.32 Å². The van der Waals surface area contributed by atoms with Crippen molar-refractivity contribution in [3.8, 4) is 0 Å². The fourth-order valence-corrected chi connectivity index (χ4v) is 1.47. The van der Waals surface area contributed by atoms with Crippen LogP contribution in [-0.4, -0.2) is 34.4 Å². The third-order valence-electron chi connectivity index (χ3n) is 1.76. The van der Waals surface area contributed by atoms with Gasteiger partial charge in [0.15, 0.2) is 0 Å². The van der Waals surface area contributed by atoms with Gasteiger partial charge in [-0.15, -0.1) is 0 Å². The van der Waals surface area contributed by atoms with Crippen molar-refractivity contribution in [2.75, 3.05) is 12.7 Å². The molecule has 0 aliphatic heterocycles. The van der Waals surface area contributed by atoms with E-state index in [1.807, 2.05) is 13.8 Å². The van der Waals surface area contributed by atoms with E-state index in [9.17, 15) is 9.36 Å². The maximum absolute atomic E-state index is 11.3. The molecule has 0 aromatic heterocycles. The van der Waals surface area contributed by atoms with E-state index in [-0.39, 0.29) is 18.6 Å². The van der Waals surface area contributed by atoms with Crippen molar-refractivity contribution in [1.29, 1.82) is 0 Å². The fraction of sp³-hybridized carbons (Fsp3) is 0.875. The molecule has 0 saturated carbocycles. The number of hydrogen-bond donors (Lipinski definition) is 4. The van der Waals surface area contributed by atoms with Crippen LogP contribution < -0.4 is 11.1 Å². The Balaban J connectivity index is 3.79. The molecule has 1 amide bonds. The Hall–Kier alpha value is -0.420. The molecule has 6 nitrogen and oxygen atoms in total. The third kappa shape index (κ3) is 8.57. The van der Waals surface area contributed by atoms with Crippen LogP contribution in [0.25, 0.3) is 0 Å². The van der Waals surface area contributed by atoms with Crippen LogP contribution in [0.4, 0.5) is 0 Å². The lowest BCUT2D eigenvalue weighted by Gasteiger charge is -2.14. The topological polar surface area (TPSA) is 113 Å². The highest BCUT2D eigenvalue weighted by Gasteiger charge is 2.17. The van der Waals surface area contributed by atoms with Gasteiger partial charge in [-0.1, -0.05) is 13.8 Å². The molecule has 15 heavy (non-hydrogen) atoms. The van der Waals surface area contributed by atoms with Gasteiger partial charge in [0, 0.05) is 6.54 Å². The van der Waals surface area contributed by atoms with E-state index in [4.69, 9.17) is 15.5 Å². The number of amides is 1. The standard InChI is InChI=1S/C8H19N2O4P/c1-6(2)5-7(9)8(11)10-3-4-15(12,13)14/h6-7H,3-5,9H2,1-2H3,(H,10,11)(H2,12,13,14)/t7-/m0/s1. The van der Waals surface area contributed by atoms with Crippen LogP contribution in [0.2, 0.25) is 0 Å². The molecule has 0 unspecified atom stereocenters. The summed E-state index contributed by atoms with van der Waals surface area (Å²) in [5.74, 6) is -0.0512. The summed E-state index contributed by atoms with van der Waals surface area (Å²) < 4.78 is 10.5. The summed E-state index contributed by atoms with van der Waals surface area (Å²) in [6, 6.07) is -0.609. The minimum Gasteiger partial charge on any atom is -0.354 e. The lowest BCUT2D eigenvalue weighted by molar-refractivity contribution is -0.122. The molecular weight excluding hydrogens is 219 g/mol. The first-order valence-electron chi connectivity index (χ1n) is 4.80. The molecular formula is C8H19N2O4P. The second-order valence-electron chi connectivity index (χ2n) is 3.92. The number of nitrogens with two attached hydrogens (primary N) is 1. The van der Waals surface area contributed by atoms with Gasteiger partial charge in [0.25, 0.3) is 0 Å². The van der Waals surface area contributed by atoms with Crippen molar-refractivity contribution in [1.82, 2.24) is 5.32 Å². The van der Waals surface area contributed by atoms with Crippen molar-refractivity contribution >= 4 is 13.5 Å². The first kappa shape index (κ1) is 14.6. The third-order valence-corrected chi connectivity index (χ3v) is 2.57. The summed E-state index contributed by atoms with van der Waals surface area (Å²) in [7, 11) is -4.04. The van der Waals surface area contributed by atoms with Gasteiger partial charge in [0.1, 0.15) is 0 Å². The number of rotatable bonds is 6. The maximum atomic E-state index is 11.3. The summed E-state index contributed by atoms with van der Waals surface area (Å²) in [5.41, 5.74) is 5.56. The van der Waals surface area contributed by atoms with E-state index < -0.39 is 13.6 Å². The quantitative estimate of drug-likeness (QED) is 0.472. The van der Waals surface area contributed by atoms with Gasteiger partial charge in [-0.2, -0.15) is 0 Å². The van der Waals surface area contributed by atoms with Crippen LogP contribution in [0.15, 0.2) is 0 Å². The molecule has 0 aromatic rings. The summed E-state index contributed by atoms with van der Waals surface area (Å²) in [6.07, 6.45) is 0.203. The van der Waals surface area contributed by atoms with Crippen molar-refractivity contribution in [2.24, 2.45) is 11.7 Å². The Labute approximate surface area is 89.4 Å². The van der Waals surface area contributed by atoms with Crippen LogP contribution >= 0.6 is 7.60 Å². The van der Waals surface area contributed by atoms with Gasteiger partial charge in [-0.3, -0.25) is 9.36 Å². The van der Waals surface area contributed by atoms with Crippen LogP contribution in [0.3, 0.4) is 0 Å². The molecule has 0 aromatic carbocycles. The molecule has 0 saturated heterocycles. The van der Waals surface area contributed by atoms with E-state index in [0.717, 1.165) is 0 Å². The molecule has 1 atom stereocenters. The normalized spacial score (nSPS) is 14.0. The van der Waals surface area contributed by atoms with Gasteiger partial charge < -0.3 is 20.8 Å². The SMILES string of the molecule is CC(C)C[C@H](N)C(=O)NCCP(=O)(O)O. The second kappa shape index (κ2) is 6.23. The molecule has 7 heteroatoms. The predicted molar refractivity (Wildman–Crippen MR) is 57.4 cm³/mol. The molecule has 0 rings (SSSR count). The van der Waals surface area contributed by atoms with Crippen molar-refractivity contribution in [2.45, 2.75) is 26.3 Å². The van der Waals surface area contributed by atoms with Gasteiger partial charge in [-0.05, 0) is 12.3 Å². The molecule has 0 aliphatic carbocycles. The fourth-order valence-electron chi connectivity index (χ4n) is 1.07. The van der Waals surface area contributed by atoms with E-state index in [1.54, 1.807) is 0 Å². The number of carbonyl (C=O) groups is 1. The average molecular weight is 238 g/mol. The first-order chi connectivity index (χ1) is 6.72. The van der Waals surface area contributed by atoms with Gasteiger partial charge >= 0.3 is 7.60 Å². The van der Waals surface area contributed by atoms with Gasteiger partial charge in [0.2, 0.25) is 5.91 Å². The Morgan fingerprint density at radius 2 is 2.00 bits per heavy atom. The minimum atomic E-state index is -4.04. The smallest absolute Gasteiger partial charge is 0.327 e. The Kier molecular flexibility index (Phi) is 6.05. The Morgan fingerprint density at radius 1 is 1.47 bits per heavy atom. The largest absolute Gasteiger partial charge is 0.354 e. The molecule has 5 N–H and O–H groups in total. The zero-order chi connectivity index (χ0) is 12.1. The van der Waals surface area contributed by atoms with Crippen LogP contribution in [0.5, 0.6) is 0 Å². The van der Waals surface area contributed by atoms with E-state index in [1.165, 1.54) is 0 Å². The van der Waals surface area contributed by atoms with Crippen molar-refractivity contribution in [3.05, 3.63) is 0 Å². The molecule has 90 valence electrons. The molecule has 0 radical (unpaired) electrons. The monoisotopic (exact) mass is 238 g/mol. The summed E-state index contributed by atoms with van der Waals surface area (Å²) in [5, 5.41) is 2.39. The summed E-state index contributed by atoms with van der Waals surface area (Å²) in [6.45, 7) is 3.85. The number of nitrogens with one attached hydrogen (secondary N) is 1. The molecule has 0 fully saturated rings. The molecule has 0 aliphatic rings. The zero-order valence-electron chi connectivity index (χ0n) is 9.01. The molecule has 0 bridgehead atoms. The first-order valence-corrected chi connectivity index (χ1v) is 6.60. The van der Waals surface area contributed by atoms with E-state index >= 15 is 0 Å². The highest BCUT2D eigenvalue weighted by Crippen LogP contribution is 2.32. The van der Waals surface area contributed by atoms with Crippen molar-refractivity contribution < 1.29 is 19.1 Å². The van der Waals surface area contributed by atoms with Gasteiger partial charge in [-0.25, -0.2) is 0 Å². The lowest BCUT2D eigenvalue weighted by atomic mass is 10.0. The van der Waals surface area contributed by atoms with E-state index in [0.29, 0.717) is 12.3 Å². The molecule has 0 spiro atoms. The lowest BCUT2D eigenvalue weighted by Crippen LogP contribution is -2.42. The van der Waals surface area contributed by atoms with Crippen molar-refractivity contribution in [3.63, 3.8) is 0 Å². The van der Waals surface area contributed by atoms with Crippen LogP contribution in [0.1, 0.15) is 20.3 Å². The second-order valence-corrected chi connectivity index (χ2v) is 5.69. The molecule has 0 heterocycles. The number of carbonyl (C=O) groups excluding carboxylic acids is 1. The highest BCUT2D eigenvalue weighted by molar-refractivity contribution is 7.51. The zero-order valence-corrected chi connectivity index (χ0v) is 9.91. The maximum Gasteiger partial charge on any atom is 0.327 e. The Bertz CT molecular complexity index is 251. The van der Waals surface area contributed by atoms with Crippen LogP contribution in [-0.2, 0) is 9.36 Å². The summed E-state index contributed by atoms with van der Waals surface area (Å²) >= 11 is 0. The Morgan fingerprint density at radius 3 is 2.40 bits per heavy atom. The average Bonchev–Trinajstić information content (AvgIpc) is 2.00. The van der Waals surface area contributed by atoms with Crippen LogP contribution in [0, 0.1) is 5.92 Å².